The Bertz CT molecular complexity index is 813. The summed E-state index contributed by atoms with van der Waals surface area (Å²) in [6.07, 6.45) is 6.78. The lowest BCUT2D eigenvalue weighted by molar-refractivity contribution is -0.0213. The molecule has 1 aromatic carbocycles. The summed E-state index contributed by atoms with van der Waals surface area (Å²) >= 11 is 6.46. The third kappa shape index (κ3) is 3.66. The number of halogens is 1. The third-order valence-corrected chi connectivity index (χ3v) is 6.02. The Morgan fingerprint density at radius 1 is 1.11 bits per heavy atom. The third-order valence-electron chi connectivity index (χ3n) is 5.72. The predicted molar refractivity (Wildman–Crippen MR) is 106 cm³/mol. The van der Waals surface area contributed by atoms with Gasteiger partial charge >= 0.3 is 0 Å². The van der Waals surface area contributed by atoms with Gasteiger partial charge in [0.05, 0.1) is 16.3 Å². The van der Waals surface area contributed by atoms with E-state index in [0.717, 1.165) is 24.3 Å². The summed E-state index contributed by atoms with van der Waals surface area (Å²) in [6, 6.07) is 9.32. The smallest absolute Gasteiger partial charge is 0.253 e. The first-order valence-corrected chi connectivity index (χ1v) is 9.91. The van der Waals surface area contributed by atoms with Crippen LogP contribution in [0.5, 0.6) is 0 Å². The van der Waals surface area contributed by atoms with Crippen LogP contribution in [-0.2, 0) is 5.60 Å². The number of hydrogen-bond acceptors (Lipinski definition) is 4. The molecule has 0 saturated carbocycles. The van der Waals surface area contributed by atoms with Crippen molar-refractivity contribution in [2.75, 3.05) is 31.1 Å². The molecule has 0 spiro atoms. The fourth-order valence-corrected chi connectivity index (χ4v) is 4.34. The quantitative estimate of drug-likeness (QED) is 0.879. The van der Waals surface area contributed by atoms with Crippen LogP contribution in [0, 0.1) is 0 Å². The van der Waals surface area contributed by atoms with Crippen molar-refractivity contribution >= 4 is 23.2 Å². The van der Waals surface area contributed by atoms with Crippen molar-refractivity contribution in [2.24, 2.45) is 0 Å². The summed E-state index contributed by atoms with van der Waals surface area (Å²) in [4.78, 5) is 21.1. The minimum atomic E-state index is -0.914. The lowest BCUT2D eigenvalue weighted by Gasteiger charge is -2.38. The molecule has 2 saturated heterocycles. The van der Waals surface area contributed by atoms with Crippen molar-refractivity contribution in [3.8, 4) is 0 Å². The molecule has 1 aromatic heterocycles. The maximum Gasteiger partial charge on any atom is 0.253 e. The molecule has 5 nitrogen and oxygen atoms in total. The van der Waals surface area contributed by atoms with E-state index in [4.69, 9.17) is 11.6 Å². The van der Waals surface area contributed by atoms with Gasteiger partial charge in [0.1, 0.15) is 0 Å². The molecule has 2 aliphatic heterocycles. The number of carbonyl (C=O) groups is 1. The average molecular weight is 386 g/mol. The minimum absolute atomic E-state index is 0.0295. The number of amides is 1. The molecule has 2 aromatic rings. The fourth-order valence-electron chi connectivity index (χ4n) is 4.04. The highest BCUT2D eigenvalue weighted by Gasteiger charge is 2.35. The van der Waals surface area contributed by atoms with Crippen LogP contribution in [0.4, 0.5) is 5.69 Å². The first-order chi connectivity index (χ1) is 13.1. The van der Waals surface area contributed by atoms with Gasteiger partial charge in [-0.05, 0) is 49.9 Å². The number of aromatic nitrogens is 1. The molecule has 1 amide bonds. The molecule has 0 aliphatic carbocycles. The summed E-state index contributed by atoms with van der Waals surface area (Å²) in [7, 11) is 0. The second-order valence-corrected chi connectivity index (χ2v) is 7.83. The first kappa shape index (κ1) is 18.3. The van der Waals surface area contributed by atoms with E-state index >= 15 is 0 Å². The molecule has 0 unspecified atom stereocenters. The standard InChI is InChI=1S/C21H24ClN3O2/c22-18-14-16(5-6-19(18)24-10-1-2-11-24)20(26)25-12-7-21(27,8-13-25)17-4-3-9-23-15-17/h3-6,9,14-15,27H,1-2,7-8,10-13H2. The Morgan fingerprint density at radius 3 is 2.48 bits per heavy atom. The van der Waals surface area contributed by atoms with E-state index in [1.807, 2.05) is 24.3 Å². The molecule has 4 rings (SSSR count). The monoisotopic (exact) mass is 385 g/mol. The van der Waals surface area contributed by atoms with E-state index in [9.17, 15) is 9.90 Å². The van der Waals surface area contributed by atoms with Crippen LogP contribution >= 0.6 is 11.6 Å². The van der Waals surface area contributed by atoms with Crippen molar-refractivity contribution in [1.82, 2.24) is 9.88 Å². The minimum Gasteiger partial charge on any atom is -0.385 e. The highest BCUT2D eigenvalue weighted by Crippen LogP contribution is 2.34. The molecule has 27 heavy (non-hydrogen) atoms. The van der Waals surface area contributed by atoms with E-state index < -0.39 is 5.60 Å². The molecule has 6 heteroatoms. The van der Waals surface area contributed by atoms with Gasteiger partial charge in [-0.1, -0.05) is 17.7 Å². The number of carbonyl (C=O) groups excluding carboxylic acids is 1. The molecule has 3 heterocycles. The molecular weight excluding hydrogens is 362 g/mol. The van der Waals surface area contributed by atoms with E-state index in [0.29, 0.717) is 36.5 Å². The van der Waals surface area contributed by atoms with Gasteiger partial charge in [-0.2, -0.15) is 0 Å². The number of rotatable bonds is 3. The highest BCUT2D eigenvalue weighted by molar-refractivity contribution is 6.33. The molecule has 0 atom stereocenters. The number of hydrogen-bond donors (Lipinski definition) is 1. The van der Waals surface area contributed by atoms with E-state index in [-0.39, 0.29) is 5.91 Å². The van der Waals surface area contributed by atoms with Crippen molar-refractivity contribution < 1.29 is 9.90 Å². The van der Waals surface area contributed by atoms with Gasteiger partial charge in [-0.25, -0.2) is 0 Å². The van der Waals surface area contributed by atoms with Crippen LogP contribution in [0.1, 0.15) is 41.6 Å². The summed E-state index contributed by atoms with van der Waals surface area (Å²) in [5.41, 5.74) is 1.52. The van der Waals surface area contributed by atoms with Crippen LogP contribution in [0.15, 0.2) is 42.7 Å². The summed E-state index contributed by atoms with van der Waals surface area (Å²) in [5, 5.41) is 11.5. The maximum atomic E-state index is 12.9. The van der Waals surface area contributed by atoms with Gasteiger partial charge in [0.2, 0.25) is 0 Å². The Hall–Kier alpha value is -2.11. The van der Waals surface area contributed by atoms with Crippen molar-refractivity contribution in [3.63, 3.8) is 0 Å². The highest BCUT2D eigenvalue weighted by atomic mass is 35.5. The van der Waals surface area contributed by atoms with E-state index in [1.54, 1.807) is 23.4 Å². The SMILES string of the molecule is O=C(c1ccc(N2CCCC2)c(Cl)c1)N1CCC(O)(c2cccnc2)CC1. The zero-order chi connectivity index (χ0) is 18.9. The lowest BCUT2D eigenvalue weighted by Crippen LogP contribution is -2.45. The number of likely N-dealkylation sites (tertiary alicyclic amines) is 1. The van der Waals surface area contributed by atoms with Gasteiger partial charge < -0.3 is 14.9 Å². The second-order valence-electron chi connectivity index (χ2n) is 7.43. The Kier molecular flexibility index (Phi) is 5.06. The van der Waals surface area contributed by atoms with Gasteiger partial charge in [0.25, 0.3) is 5.91 Å². The van der Waals surface area contributed by atoms with Gasteiger partial charge in [-0.15, -0.1) is 0 Å². The lowest BCUT2D eigenvalue weighted by atomic mass is 9.85. The molecule has 2 aliphatic rings. The number of aliphatic hydroxyl groups is 1. The van der Waals surface area contributed by atoms with Crippen LogP contribution in [0.2, 0.25) is 5.02 Å². The van der Waals surface area contributed by atoms with Crippen LogP contribution in [0.3, 0.4) is 0 Å². The number of piperidine rings is 1. The van der Waals surface area contributed by atoms with Crippen molar-refractivity contribution in [1.29, 1.82) is 0 Å². The van der Waals surface area contributed by atoms with Crippen LogP contribution in [-0.4, -0.2) is 47.1 Å². The van der Waals surface area contributed by atoms with Crippen molar-refractivity contribution in [2.45, 2.75) is 31.3 Å². The van der Waals surface area contributed by atoms with Crippen LogP contribution < -0.4 is 4.90 Å². The molecule has 142 valence electrons. The number of anilines is 1. The van der Waals surface area contributed by atoms with Crippen molar-refractivity contribution in [3.05, 3.63) is 58.9 Å². The Labute approximate surface area is 164 Å². The van der Waals surface area contributed by atoms with Gasteiger partial charge in [-0.3, -0.25) is 9.78 Å². The second kappa shape index (κ2) is 7.49. The zero-order valence-electron chi connectivity index (χ0n) is 15.3. The fraction of sp³-hybridized carbons (Fsp3) is 0.429. The molecule has 1 N–H and O–H groups in total. The molecule has 0 radical (unpaired) electrons. The predicted octanol–water partition coefficient (Wildman–Crippen LogP) is 3.46. The number of pyridine rings is 1. The summed E-state index contributed by atoms with van der Waals surface area (Å²) < 4.78 is 0. The zero-order valence-corrected chi connectivity index (χ0v) is 16.0. The normalized spacial score (nSPS) is 19.3. The first-order valence-electron chi connectivity index (χ1n) is 9.53. The van der Waals surface area contributed by atoms with Gasteiger partial charge in [0.15, 0.2) is 0 Å². The topological polar surface area (TPSA) is 56.7 Å². The molecule has 0 bridgehead atoms. The molecular formula is C21H24ClN3O2. The molecule has 2 fully saturated rings. The number of benzene rings is 1. The largest absolute Gasteiger partial charge is 0.385 e. The van der Waals surface area contributed by atoms with E-state index in [1.165, 1.54) is 12.8 Å². The average Bonchev–Trinajstić information content (AvgIpc) is 3.23. The van der Waals surface area contributed by atoms with E-state index in [2.05, 4.69) is 9.88 Å². The van der Waals surface area contributed by atoms with Gasteiger partial charge in [0, 0.05) is 49.7 Å². The van der Waals surface area contributed by atoms with Crippen LogP contribution in [0.25, 0.3) is 0 Å². The number of nitrogens with zero attached hydrogens (tertiary/aromatic N) is 3. The Morgan fingerprint density at radius 2 is 1.85 bits per heavy atom. The Balaban J connectivity index is 1.44. The summed E-state index contributed by atoms with van der Waals surface area (Å²) in [6.45, 7) is 3.06. The maximum absolute atomic E-state index is 12.9. The summed E-state index contributed by atoms with van der Waals surface area (Å²) in [5.74, 6) is -0.0295.